The molecule has 3 amide bonds. The lowest BCUT2D eigenvalue weighted by atomic mass is 10.3. The quantitative estimate of drug-likeness (QED) is 0.514. The summed E-state index contributed by atoms with van der Waals surface area (Å²) in [6.45, 7) is 2.06. The Morgan fingerprint density at radius 3 is 2.88 bits per heavy atom. The molecular weight excluding hydrogens is 226 g/mol. The highest BCUT2D eigenvalue weighted by Gasteiger charge is 2.22. The first kappa shape index (κ1) is 13.9. The van der Waals surface area contributed by atoms with Crippen molar-refractivity contribution < 1.29 is 19.4 Å². The molecule has 98 valence electrons. The summed E-state index contributed by atoms with van der Waals surface area (Å²) in [5.74, 6) is -0.367. The van der Waals surface area contributed by atoms with Crippen molar-refractivity contribution in [3.8, 4) is 0 Å². The smallest absolute Gasteiger partial charge is 0.321 e. The summed E-state index contributed by atoms with van der Waals surface area (Å²) in [7, 11) is 1.53. The second-order valence-electron chi connectivity index (χ2n) is 3.97. The molecule has 17 heavy (non-hydrogen) atoms. The molecule has 0 aromatic carbocycles. The van der Waals surface area contributed by atoms with Crippen LogP contribution in [0.25, 0.3) is 0 Å². The van der Waals surface area contributed by atoms with Gasteiger partial charge in [-0.25, -0.2) is 4.79 Å². The fourth-order valence-corrected chi connectivity index (χ4v) is 1.64. The predicted octanol–water partition coefficient (Wildman–Crippen LogP) is -1.47. The molecule has 0 radical (unpaired) electrons. The number of aliphatic hydroxyl groups excluding tert-OH is 1. The second kappa shape index (κ2) is 7.21. The molecule has 1 heterocycles. The Labute approximate surface area is 100 Å². The van der Waals surface area contributed by atoms with Gasteiger partial charge in [-0.1, -0.05) is 0 Å². The molecule has 1 aliphatic rings. The van der Waals surface area contributed by atoms with Crippen LogP contribution in [0.5, 0.6) is 0 Å². The van der Waals surface area contributed by atoms with Crippen LogP contribution in [-0.2, 0) is 9.53 Å². The van der Waals surface area contributed by atoms with E-state index >= 15 is 0 Å². The molecule has 1 aliphatic heterocycles. The fourth-order valence-electron chi connectivity index (χ4n) is 1.64. The Morgan fingerprint density at radius 1 is 1.53 bits per heavy atom. The lowest BCUT2D eigenvalue weighted by Crippen LogP contribution is -2.44. The predicted molar refractivity (Wildman–Crippen MR) is 60.5 cm³/mol. The van der Waals surface area contributed by atoms with E-state index in [-0.39, 0.29) is 18.6 Å². The first-order chi connectivity index (χ1) is 8.11. The van der Waals surface area contributed by atoms with Crippen LogP contribution < -0.4 is 10.6 Å². The molecule has 0 aromatic heterocycles. The van der Waals surface area contributed by atoms with E-state index in [1.807, 2.05) is 4.90 Å². The molecule has 1 atom stereocenters. The SMILES string of the molecule is COCCNC(=O)NC(=O)CN1CCC(O)C1. The highest BCUT2D eigenvalue weighted by Crippen LogP contribution is 2.07. The molecule has 1 fully saturated rings. The average Bonchev–Trinajstić information content (AvgIpc) is 2.64. The van der Waals surface area contributed by atoms with Gasteiger partial charge in [0.25, 0.3) is 0 Å². The molecule has 1 saturated heterocycles. The Balaban J connectivity index is 2.13. The van der Waals surface area contributed by atoms with Crippen LogP contribution in [0.4, 0.5) is 4.79 Å². The van der Waals surface area contributed by atoms with Crippen molar-refractivity contribution in [3.05, 3.63) is 0 Å². The number of imide groups is 1. The molecule has 0 spiro atoms. The van der Waals surface area contributed by atoms with Gasteiger partial charge in [-0.15, -0.1) is 0 Å². The summed E-state index contributed by atoms with van der Waals surface area (Å²) in [6, 6.07) is -0.521. The Bertz CT molecular complexity index is 272. The van der Waals surface area contributed by atoms with Crippen molar-refractivity contribution in [3.63, 3.8) is 0 Å². The van der Waals surface area contributed by atoms with Crippen LogP contribution in [0.1, 0.15) is 6.42 Å². The third-order valence-electron chi connectivity index (χ3n) is 2.46. The van der Waals surface area contributed by atoms with Crippen molar-refractivity contribution in [2.24, 2.45) is 0 Å². The van der Waals surface area contributed by atoms with E-state index in [0.717, 1.165) is 0 Å². The summed E-state index contributed by atoms with van der Waals surface area (Å²) in [6.07, 6.45) is 0.311. The first-order valence-electron chi connectivity index (χ1n) is 5.59. The number of carbonyl (C=O) groups is 2. The number of aliphatic hydroxyl groups is 1. The highest BCUT2D eigenvalue weighted by molar-refractivity contribution is 5.95. The van der Waals surface area contributed by atoms with Gasteiger partial charge >= 0.3 is 6.03 Å². The molecular formula is C10H19N3O4. The molecule has 7 heteroatoms. The summed E-state index contributed by atoms with van der Waals surface area (Å²) in [5, 5.41) is 14.0. The maximum atomic E-state index is 11.4. The van der Waals surface area contributed by atoms with Gasteiger partial charge in [0.1, 0.15) is 0 Å². The number of hydrogen-bond donors (Lipinski definition) is 3. The van der Waals surface area contributed by atoms with Gasteiger partial charge < -0.3 is 15.2 Å². The maximum Gasteiger partial charge on any atom is 0.321 e. The summed E-state index contributed by atoms with van der Waals surface area (Å²) in [4.78, 5) is 24.4. The van der Waals surface area contributed by atoms with E-state index in [4.69, 9.17) is 4.74 Å². The van der Waals surface area contributed by atoms with Crippen molar-refractivity contribution in [1.82, 2.24) is 15.5 Å². The van der Waals surface area contributed by atoms with Crippen molar-refractivity contribution in [1.29, 1.82) is 0 Å². The van der Waals surface area contributed by atoms with Gasteiger partial charge in [-0.3, -0.25) is 15.0 Å². The topological polar surface area (TPSA) is 90.9 Å². The van der Waals surface area contributed by atoms with Crippen molar-refractivity contribution in [2.75, 3.05) is 39.9 Å². The third kappa shape index (κ3) is 5.62. The van der Waals surface area contributed by atoms with E-state index in [9.17, 15) is 14.7 Å². The number of amides is 3. The molecule has 7 nitrogen and oxygen atoms in total. The third-order valence-corrected chi connectivity index (χ3v) is 2.46. The Morgan fingerprint density at radius 2 is 2.29 bits per heavy atom. The minimum atomic E-state index is -0.521. The molecule has 1 unspecified atom stereocenters. The van der Waals surface area contributed by atoms with E-state index < -0.39 is 6.03 Å². The zero-order valence-corrected chi connectivity index (χ0v) is 9.94. The van der Waals surface area contributed by atoms with Crippen LogP contribution in [0, 0.1) is 0 Å². The lowest BCUT2D eigenvalue weighted by Gasteiger charge is -2.14. The average molecular weight is 245 g/mol. The number of nitrogens with one attached hydrogen (secondary N) is 2. The number of β-amino-alcohol motifs (C(OH)–C–C–N with tert-alkyl or cyclic N) is 1. The second-order valence-corrected chi connectivity index (χ2v) is 3.97. The summed E-state index contributed by atoms with van der Waals surface area (Å²) in [5.41, 5.74) is 0. The van der Waals surface area contributed by atoms with Gasteiger partial charge in [0, 0.05) is 26.7 Å². The highest BCUT2D eigenvalue weighted by atomic mass is 16.5. The number of ether oxygens (including phenoxy) is 1. The van der Waals surface area contributed by atoms with Gasteiger partial charge in [-0.05, 0) is 6.42 Å². The van der Waals surface area contributed by atoms with Crippen LogP contribution in [0.15, 0.2) is 0 Å². The molecule has 3 N–H and O–H groups in total. The number of likely N-dealkylation sites (tertiary alicyclic amines) is 1. The number of rotatable bonds is 5. The van der Waals surface area contributed by atoms with Crippen LogP contribution in [0.2, 0.25) is 0 Å². The number of carbonyl (C=O) groups excluding carboxylic acids is 2. The van der Waals surface area contributed by atoms with Gasteiger partial charge in [0.2, 0.25) is 5.91 Å². The molecule has 0 aromatic rings. The first-order valence-corrected chi connectivity index (χ1v) is 5.59. The van der Waals surface area contributed by atoms with Gasteiger partial charge in [0.15, 0.2) is 0 Å². The zero-order valence-electron chi connectivity index (χ0n) is 9.94. The Kier molecular flexibility index (Phi) is 5.88. The van der Waals surface area contributed by atoms with Gasteiger partial charge in [0.05, 0.1) is 19.3 Å². The van der Waals surface area contributed by atoms with E-state index in [0.29, 0.717) is 32.7 Å². The van der Waals surface area contributed by atoms with E-state index in [1.54, 1.807) is 0 Å². The standard InChI is InChI=1S/C10H19N3O4/c1-17-5-3-11-10(16)12-9(15)7-13-4-2-8(14)6-13/h8,14H,2-7H2,1H3,(H2,11,12,15,16). The summed E-state index contributed by atoms with van der Waals surface area (Å²) >= 11 is 0. The number of hydrogen-bond acceptors (Lipinski definition) is 5. The normalized spacial score (nSPS) is 20.2. The molecule has 0 aliphatic carbocycles. The number of methoxy groups -OCH3 is 1. The van der Waals surface area contributed by atoms with Crippen LogP contribution in [-0.4, -0.2) is 67.9 Å². The molecule has 1 rings (SSSR count). The summed E-state index contributed by atoms with van der Waals surface area (Å²) < 4.78 is 4.75. The van der Waals surface area contributed by atoms with E-state index in [1.165, 1.54) is 7.11 Å². The van der Waals surface area contributed by atoms with Crippen LogP contribution in [0.3, 0.4) is 0 Å². The lowest BCUT2D eigenvalue weighted by molar-refractivity contribution is -0.121. The van der Waals surface area contributed by atoms with Gasteiger partial charge in [-0.2, -0.15) is 0 Å². The fraction of sp³-hybridized carbons (Fsp3) is 0.800. The zero-order chi connectivity index (χ0) is 12.7. The number of nitrogens with zero attached hydrogens (tertiary/aromatic N) is 1. The van der Waals surface area contributed by atoms with Crippen molar-refractivity contribution in [2.45, 2.75) is 12.5 Å². The van der Waals surface area contributed by atoms with Crippen LogP contribution >= 0.6 is 0 Å². The van der Waals surface area contributed by atoms with Crippen molar-refractivity contribution >= 4 is 11.9 Å². The molecule has 0 saturated carbocycles. The maximum absolute atomic E-state index is 11.4. The van der Waals surface area contributed by atoms with E-state index in [2.05, 4.69) is 10.6 Å². The minimum Gasteiger partial charge on any atom is -0.392 e. The Hall–Kier alpha value is -1.18. The number of urea groups is 1. The largest absolute Gasteiger partial charge is 0.392 e. The monoisotopic (exact) mass is 245 g/mol. The minimum absolute atomic E-state index is 0.134. The molecule has 0 bridgehead atoms.